The summed E-state index contributed by atoms with van der Waals surface area (Å²) in [5.41, 5.74) is 8.78. The van der Waals surface area contributed by atoms with Crippen molar-refractivity contribution in [2.24, 2.45) is 5.73 Å². The minimum absolute atomic E-state index is 0.0625. The third kappa shape index (κ3) is 3.62. The van der Waals surface area contributed by atoms with Gasteiger partial charge in [-0.1, -0.05) is 33.0 Å². The van der Waals surface area contributed by atoms with E-state index in [0.717, 1.165) is 36.1 Å². The number of hydrogen-bond acceptors (Lipinski definition) is 4. The fraction of sp³-hybridized carbons (Fsp3) is 0.643. The van der Waals surface area contributed by atoms with Crippen molar-refractivity contribution in [1.29, 1.82) is 0 Å². The Hall–Kier alpha value is -1.23. The molecular weight excluding hydrogens is 256 g/mol. The maximum absolute atomic E-state index is 5.90. The second-order valence-corrected chi connectivity index (χ2v) is 5.72. The van der Waals surface area contributed by atoms with Crippen molar-refractivity contribution < 1.29 is 0 Å². The van der Waals surface area contributed by atoms with Gasteiger partial charge in [0, 0.05) is 5.54 Å². The molecule has 4 nitrogen and oxygen atoms in total. The molecule has 3 N–H and O–H groups in total. The van der Waals surface area contributed by atoms with Gasteiger partial charge in [-0.15, -0.1) is 5.10 Å². The van der Waals surface area contributed by atoms with E-state index in [1.54, 1.807) is 0 Å². The summed E-state index contributed by atoms with van der Waals surface area (Å²) in [5.74, 6) is 0.702. The standard InChI is InChI=1S/C14H24N4S/c1-6-9-10(7-2)17-18-13(11(9)12(15)19)16-14(4,5)8-3/h6-8H2,1-5H3,(H2,15,19)(H,16,18). The largest absolute Gasteiger partial charge is 0.389 e. The Morgan fingerprint density at radius 1 is 1.21 bits per heavy atom. The minimum Gasteiger partial charge on any atom is -0.389 e. The number of aryl methyl sites for hydroxylation is 1. The van der Waals surface area contributed by atoms with E-state index < -0.39 is 0 Å². The fourth-order valence-corrected chi connectivity index (χ4v) is 2.15. The number of anilines is 1. The van der Waals surface area contributed by atoms with E-state index in [2.05, 4.69) is 50.1 Å². The van der Waals surface area contributed by atoms with E-state index >= 15 is 0 Å². The number of nitrogens with one attached hydrogen (secondary N) is 1. The van der Waals surface area contributed by atoms with Gasteiger partial charge in [0.2, 0.25) is 0 Å². The van der Waals surface area contributed by atoms with Crippen molar-refractivity contribution in [3.63, 3.8) is 0 Å². The Balaban J connectivity index is 3.36. The molecule has 1 heterocycles. The Kier molecular flexibility index (Phi) is 5.23. The zero-order valence-corrected chi connectivity index (χ0v) is 13.3. The average molecular weight is 280 g/mol. The lowest BCUT2D eigenvalue weighted by atomic mass is 9.99. The van der Waals surface area contributed by atoms with E-state index in [1.165, 1.54) is 0 Å². The molecule has 0 saturated carbocycles. The van der Waals surface area contributed by atoms with Crippen LogP contribution in [0.3, 0.4) is 0 Å². The summed E-state index contributed by atoms with van der Waals surface area (Å²) in [6, 6.07) is 0. The van der Waals surface area contributed by atoms with Crippen LogP contribution in [-0.4, -0.2) is 20.7 Å². The first-order chi connectivity index (χ1) is 8.86. The number of nitrogens with two attached hydrogens (primary N) is 1. The summed E-state index contributed by atoms with van der Waals surface area (Å²) in [4.78, 5) is 0.385. The van der Waals surface area contributed by atoms with Crippen LogP contribution in [0, 0.1) is 0 Å². The van der Waals surface area contributed by atoms with Crippen molar-refractivity contribution in [3.8, 4) is 0 Å². The van der Waals surface area contributed by atoms with Crippen LogP contribution in [0.2, 0.25) is 0 Å². The van der Waals surface area contributed by atoms with Crippen molar-refractivity contribution in [2.75, 3.05) is 5.32 Å². The van der Waals surface area contributed by atoms with Gasteiger partial charge in [-0.25, -0.2) is 0 Å². The molecule has 0 fully saturated rings. The predicted octanol–water partition coefficient (Wildman–Crippen LogP) is 2.84. The third-order valence-corrected chi connectivity index (χ3v) is 3.64. The van der Waals surface area contributed by atoms with Gasteiger partial charge in [0.15, 0.2) is 5.82 Å². The Labute approximate surface area is 121 Å². The molecule has 0 radical (unpaired) electrons. The lowest BCUT2D eigenvalue weighted by molar-refractivity contribution is 0.543. The molecule has 0 bridgehead atoms. The van der Waals surface area contributed by atoms with Gasteiger partial charge in [-0.2, -0.15) is 5.10 Å². The van der Waals surface area contributed by atoms with Crippen LogP contribution >= 0.6 is 12.2 Å². The first-order valence-electron chi connectivity index (χ1n) is 6.82. The van der Waals surface area contributed by atoms with E-state index in [0.29, 0.717) is 10.8 Å². The van der Waals surface area contributed by atoms with Crippen molar-refractivity contribution in [3.05, 3.63) is 16.8 Å². The zero-order valence-electron chi connectivity index (χ0n) is 12.5. The van der Waals surface area contributed by atoms with Crippen LogP contribution in [0.1, 0.15) is 57.9 Å². The molecule has 0 amide bonds. The van der Waals surface area contributed by atoms with Crippen molar-refractivity contribution >= 4 is 23.0 Å². The zero-order chi connectivity index (χ0) is 14.6. The lowest BCUT2D eigenvalue weighted by Crippen LogP contribution is -2.32. The number of hydrogen-bond donors (Lipinski definition) is 2. The SMILES string of the molecule is CCc1nnc(NC(C)(C)CC)c(C(N)=S)c1CC. The maximum atomic E-state index is 5.90. The molecule has 0 saturated heterocycles. The van der Waals surface area contributed by atoms with Crippen molar-refractivity contribution in [2.45, 2.75) is 59.4 Å². The molecule has 0 aliphatic carbocycles. The highest BCUT2D eigenvalue weighted by molar-refractivity contribution is 7.80. The first kappa shape index (κ1) is 15.8. The van der Waals surface area contributed by atoms with Crippen LogP contribution in [-0.2, 0) is 12.8 Å². The molecular formula is C14H24N4S. The third-order valence-electron chi connectivity index (χ3n) is 3.43. The monoisotopic (exact) mass is 280 g/mol. The van der Waals surface area contributed by atoms with Gasteiger partial charge in [-0.05, 0) is 38.7 Å². The second kappa shape index (κ2) is 6.28. The normalized spacial score (nSPS) is 11.4. The smallest absolute Gasteiger partial charge is 0.159 e. The molecule has 0 spiro atoms. The first-order valence-corrected chi connectivity index (χ1v) is 7.23. The van der Waals surface area contributed by atoms with Crippen LogP contribution in [0.5, 0.6) is 0 Å². The number of aromatic nitrogens is 2. The van der Waals surface area contributed by atoms with Gasteiger partial charge < -0.3 is 11.1 Å². The van der Waals surface area contributed by atoms with E-state index in [1.807, 2.05) is 0 Å². The molecule has 1 rings (SSSR count). The second-order valence-electron chi connectivity index (χ2n) is 5.28. The van der Waals surface area contributed by atoms with Gasteiger partial charge in [0.05, 0.1) is 11.3 Å². The highest BCUT2D eigenvalue weighted by Gasteiger charge is 2.22. The number of rotatable bonds is 6. The van der Waals surface area contributed by atoms with Crippen LogP contribution < -0.4 is 11.1 Å². The quantitative estimate of drug-likeness (QED) is 0.785. The van der Waals surface area contributed by atoms with Gasteiger partial charge >= 0.3 is 0 Å². The molecule has 0 aliphatic rings. The van der Waals surface area contributed by atoms with Gasteiger partial charge in [0.1, 0.15) is 4.99 Å². The van der Waals surface area contributed by atoms with E-state index in [4.69, 9.17) is 18.0 Å². The van der Waals surface area contributed by atoms with Gasteiger partial charge in [0.25, 0.3) is 0 Å². The molecule has 0 atom stereocenters. The summed E-state index contributed by atoms with van der Waals surface area (Å²) < 4.78 is 0. The molecule has 1 aromatic heterocycles. The van der Waals surface area contributed by atoms with Crippen LogP contribution in [0.25, 0.3) is 0 Å². The number of thiocarbonyl (C=S) groups is 1. The molecule has 0 aromatic carbocycles. The van der Waals surface area contributed by atoms with Gasteiger partial charge in [-0.3, -0.25) is 0 Å². The summed E-state index contributed by atoms with van der Waals surface area (Å²) in [6.07, 6.45) is 2.66. The Morgan fingerprint density at radius 3 is 2.26 bits per heavy atom. The fourth-order valence-electron chi connectivity index (χ4n) is 1.93. The minimum atomic E-state index is -0.0625. The number of nitrogens with zero attached hydrogens (tertiary/aromatic N) is 2. The Morgan fingerprint density at radius 2 is 1.84 bits per heavy atom. The molecule has 5 heteroatoms. The van der Waals surface area contributed by atoms with Crippen LogP contribution in [0.15, 0.2) is 0 Å². The molecule has 19 heavy (non-hydrogen) atoms. The van der Waals surface area contributed by atoms with E-state index in [9.17, 15) is 0 Å². The maximum Gasteiger partial charge on any atom is 0.159 e. The summed E-state index contributed by atoms with van der Waals surface area (Å²) in [6.45, 7) is 10.5. The highest BCUT2D eigenvalue weighted by Crippen LogP contribution is 2.24. The lowest BCUT2D eigenvalue weighted by Gasteiger charge is -2.27. The molecule has 106 valence electrons. The molecule has 0 aliphatic heterocycles. The topological polar surface area (TPSA) is 63.8 Å². The predicted molar refractivity (Wildman–Crippen MR) is 84.7 cm³/mol. The Bertz CT molecular complexity index is 469. The van der Waals surface area contributed by atoms with Crippen LogP contribution in [0.4, 0.5) is 5.82 Å². The molecule has 0 unspecified atom stereocenters. The molecule has 1 aromatic rings. The van der Waals surface area contributed by atoms with Crippen molar-refractivity contribution in [1.82, 2.24) is 10.2 Å². The summed E-state index contributed by atoms with van der Waals surface area (Å²) in [5, 5.41) is 12.0. The average Bonchev–Trinajstić information content (AvgIpc) is 2.37. The highest BCUT2D eigenvalue weighted by atomic mass is 32.1. The summed E-state index contributed by atoms with van der Waals surface area (Å²) >= 11 is 5.21. The summed E-state index contributed by atoms with van der Waals surface area (Å²) in [7, 11) is 0. The van der Waals surface area contributed by atoms with E-state index in [-0.39, 0.29) is 5.54 Å².